The molecular formula is C14H18NO3+. The predicted octanol–water partition coefficient (Wildman–Crippen LogP) is 1.68. The van der Waals surface area contributed by atoms with Gasteiger partial charge >= 0.3 is 0 Å². The van der Waals surface area contributed by atoms with Gasteiger partial charge in [-0.1, -0.05) is 0 Å². The highest BCUT2D eigenvalue weighted by atomic mass is 16.7. The maximum Gasteiger partial charge on any atom is 0.231 e. The second-order valence-electron chi connectivity index (χ2n) is 5.84. The highest BCUT2D eigenvalue weighted by Gasteiger charge is 2.36. The fourth-order valence-corrected chi connectivity index (χ4v) is 2.93. The van der Waals surface area contributed by atoms with Crippen LogP contribution in [0.5, 0.6) is 11.5 Å². The van der Waals surface area contributed by atoms with Crippen molar-refractivity contribution in [1.29, 1.82) is 0 Å². The molecule has 18 heavy (non-hydrogen) atoms. The van der Waals surface area contributed by atoms with Crippen LogP contribution < -0.4 is 9.47 Å². The molecule has 2 aliphatic rings. The number of carbonyl (C=O) groups excluding carboxylic acids is 1. The van der Waals surface area contributed by atoms with Gasteiger partial charge in [-0.2, -0.15) is 0 Å². The summed E-state index contributed by atoms with van der Waals surface area (Å²) in [7, 11) is 4.31. The van der Waals surface area contributed by atoms with Gasteiger partial charge in [0.05, 0.1) is 26.6 Å². The Hall–Kier alpha value is -1.55. The Morgan fingerprint density at radius 1 is 1.28 bits per heavy atom. The minimum absolute atomic E-state index is 0.0294. The minimum Gasteiger partial charge on any atom is -0.454 e. The molecule has 1 unspecified atom stereocenters. The van der Waals surface area contributed by atoms with E-state index in [1.54, 1.807) is 6.92 Å². The topological polar surface area (TPSA) is 35.5 Å². The van der Waals surface area contributed by atoms with E-state index in [-0.39, 0.29) is 18.5 Å². The zero-order valence-electron chi connectivity index (χ0n) is 11.0. The monoisotopic (exact) mass is 248 g/mol. The van der Waals surface area contributed by atoms with Crippen LogP contribution in [0.15, 0.2) is 12.1 Å². The number of ether oxygens (including phenoxy) is 2. The number of Topliss-reactive ketones (excluding diaryl/α,β-unsaturated/α-hetero) is 1. The molecule has 0 radical (unpaired) electrons. The number of benzene rings is 1. The number of nitrogens with zero attached hydrogens (tertiary/aromatic N) is 1. The number of carbonyl (C=O) groups is 1. The third-order valence-corrected chi connectivity index (χ3v) is 3.78. The van der Waals surface area contributed by atoms with Crippen molar-refractivity contribution < 1.29 is 18.8 Å². The third kappa shape index (κ3) is 1.77. The average molecular weight is 248 g/mol. The highest BCUT2D eigenvalue weighted by Crippen LogP contribution is 2.41. The molecule has 0 bridgehead atoms. The van der Waals surface area contributed by atoms with Crippen molar-refractivity contribution in [2.45, 2.75) is 19.4 Å². The van der Waals surface area contributed by atoms with Crippen molar-refractivity contribution in [2.24, 2.45) is 0 Å². The number of rotatable bonds is 1. The Bertz CT molecular complexity index is 522. The van der Waals surface area contributed by atoms with E-state index in [1.807, 2.05) is 12.1 Å². The second-order valence-corrected chi connectivity index (χ2v) is 5.84. The smallest absolute Gasteiger partial charge is 0.231 e. The molecule has 2 aliphatic heterocycles. The summed E-state index contributed by atoms with van der Waals surface area (Å²) in [5, 5.41) is 0. The van der Waals surface area contributed by atoms with E-state index >= 15 is 0 Å². The van der Waals surface area contributed by atoms with E-state index in [0.29, 0.717) is 0 Å². The van der Waals surface area contributed by atoms with Crippen molar-refractivity contribution in [3.8, 4) is 11.5 Å². The van der Waals surface area contributed by atoms with Gasteiger partial charge in [-0.25, -0.2) is 0 Å². The fraction of sp³-hybridized carbons (Fsp3) is 0.500. The molecule has 1 atom stereocenters. The lowest BCUT2D eigenvalue weighted by Gasteiger charge is -2.38. The van der Waals surface area contributed by atoms with Crippen LogP contribution in [0.2, 0.25) is 0 Å². The maximum atomic E-state index is 11.9. The van der Waals surface area contributed by atoms with E-state index in [0.717, 1.165) is 34.6 Å². The molecule has 0 aromatic heterocycles. The number of hydrogen-bond acceptors (Lipinski definition) is 3. The molecule has 0 N–H and O–H groups in total. The summed E-state index contributed by atoms with van der Waals surface area (Å²) in [6, 6.07) is 4.02. The lowest BCUT2D eigenvalue weighted by molar-refractivity contribution is -0.906. The molecule has 1 aromatic rings. The highest BCUT2D eigenvalue weighted by molar-refractivity contribution is 5.84. The van der Waals surface area contributed by atoms with Gasteiger partial charge in [0.2, 0.25) is 6.79 Å². The first-order valence-corrected chi connectivity index (χ1v) is 6.21. The SMILES string of the molecule is CC(=O)C1C[N+](C)(C)Cc2cc3c(cc21)OCO3. The van der Waals surface area contributed by atoms with E-state index < -0.39 is 0 Å². The van der Waals surface area contributed by atoms with E-state index in [1.165, 1.54) is 5.56 Å². The molecule has 1 aromatic carbocycles. The van der Waals surface area contributed by atoms with Crippen LogP contribution >= 0.6 is 0 Å². The van der Waals surface area contributed by atoms with Crippen molar-refractivity contribution in [3.63, 3.8) is 0 Å². The summed E-state index contributed by atoms with van der Waals surface area (Å²) in [4.78, 5) is 11.9. The number of ketones is 1. The van der Waals surface area contributed by atoms with Crippen LogP contribution in [0.1, 0.15) is 24.0 Å². The van der Waals surface area contributed by atoms with Gasteiger partial charge in [0.1, 0.15) is 12.3 Å². The largest absolute Gasteiger partial charge is 0.454 e. The Labute approximate surface area is 107 Å². The molecule has 3 rings (SSSR count). The third-order valence-electron chi connectivity index (χ3n) is 3.78. The molecule has 0 saturated heterocycles. The normalized spacial score (nSPS) is 23.6. The molecule has 0 spiro atoms. The van der Waals surface area contributed by atoms with Crippen molar-refractivity contribution in [1.82, 2.24) is 0 Å². The van der Waals surface area contributed by atoms with Gasteiger partial charge in [-0.3, -0.25) is 4.79 Å². The molecule has 0 fully saturated rings. The summed E-state index contributed by atoms with van der Waals surface area (Å²) >= 11 is 0. The molecule has 96 valence electrons. The lowest BCUT2D eigenvalue weighted by Crippen LogP contribution is -2.47. The zero-order chi connectivity index (χ0) is 12.9. The van der Waals surface area contributed by atoms with Gasteiger partial charge in [0, 0.05) is 5.56 Å². The van der Waals surface area contributed by atoms with E-state index in [2.05, 4.69) is 14.1 Å². The molecule has 2 heterocycles. The number of hydrogen-bond donors (Lipinski definition) is 0. The number of likely N-dealkylation sites (N-methyl/N-ethyl adjacent to an activating group) is 1. The van der Waals surface area contributed by atoms with Crippen molar-refractivity contribution >= 4 is 5.78 Å². The first-order chi connectivity index (χ1) is 8.46. The van der Waals surface area contributed by atoms with Crippen LogP contribution in [0.3, 0.4) is 0 Å². The van der Waals surface area contributed by atoms with Gasteiger partial charge in [0.15, 0.2) is 11.5 Å². The molecule has 0 amide bonds. The van der Waals surface area contributed by atoms with Gasteiger partial charge < -0.3 is 14.0 Å². The summed E-state index contributed by atoms with van der Waals surface area (Å²) in [5.74, 6) is 1.77. The number of fused-ring (bicyclic) bond motifs is 2. The molecular weight excluding hydrogens is 230 g/mol. The zero-order valence-corrected chi connectivity index (χ0v) is 11.0. The van der Waals surface area contributed by atoms with Crippen molar-refractivity contribution in [3.05, 3.63) is 23.3 Å². The first-order valence-electron chi connectivity index (χ1n) is 6.21. The molecule has 0 saturated carbocycles. The number of quaternary nitrogens is 1. The second kappa shape index (κ2) is 3.72. The summed E-state index contributed by atoms with van der Waals surface area (Å²) in [5.41, 5.74) is 2.32. The molecule has 0 aliphatic carbocycles. The minimum atomic E-state index is -0.0294. The average Bonchev–Trinajstić information content (AvgIpc) is 2.70. The van der Waals surface area contributed by atoms with Crippen LogP contribution in [0.4, 0.5) is 0 Å². The lowest BCUT2D eigenvalue weighted by atomic mass is 9.86. The van der Waals surface area contributed by atoms with Crippen LogP contribution in [0, 0.1) is 0 Å². The Morgan fingerprint density at radius 3 is 2.61 bits per heavy atom. The summed E-state index contributed by atoms with van der Waals surface area (Å²) < 4.78 is 11.7. The Balaban J connectivity index is 2.12. The van der Waals surface area contributed by atoms with Crippen LogP contribution in [-0.4, -0.2) is 37.7 Å². The van der Waals surface area contributed by atoms with Crippen molar-refractivity contribution in [2.75, 3.05) is 27.4 Å². The summed E-state index contributed by atoms with van der Waals surface area (Å²) in [6.45, 7) is 3.73. The molecule has 4 heteroatoms. The summed E-state index contributed by atoms with van der Waals surface area (Å²) in [6.07, 6.45) is 0. The quantitative estimate of drug-likeness (QED) is 0.709. The van der Waals surface area contributed by atoms with Gasteiger partial charge in [-0.15, -0.1) is 0 Å². The van der Waals surface area contributed by atoms with E-state index in [9.17, 15) is 4.79 Å². The Kier molecular flexibility index (Phi) is 2.38. The standard InChI is InChI=1S/C14H18NO3/c1-9(16)12-7-15(2,3)6-10-4-13-14(5-11(10)12)18-8-17-13/h4-5,12H,6-8H2,1-3H3/q+1. The van der Waals surface area contributed by atoms with Crippen LogP contribution in [-0.2, 0) is 11.3 Å². The predicted molar refractivity (Wildman–Crippen MR) is 66.7 cm³/mol. The van der Waals surface area contributed by atoms with Gasteiger partial charge in [-0.05, 0) is 24.6 Å². The fourth-order valence-electron chi connectivity index (χ4n) is 2.93. The Morgan fingerprint density at radius 2 is 1.94 bits per heavy atom. The molecule has 4 nitrogen and oxygen atoms in total. The maximum absolute atomic E-state index is 11.9. The first kappa shape index (κ1) is 11.5. The van der Waals surface area contributed by atoms with Crippen LogP contribution in [0.25, 0.3) is 0 Å². The van der Waals surface area contributed by atoms with Gasteiger partial charge in [0.25, 0.3) is 0 Å². The van der Waals surface area contributed by atoms with E-state index in [4.69, 9.17) is 9.47 Å².